The van der Waals surface area contributed by atoms with Gasteiger partial charge in [-0.15, -0.1) is 0 Å². The molecule has 0 atom stereocenters. The van der Waals surface area contributed by atoms with Crippen LogP contribution in [0.3, 0.4) is 0 Å². The first-order valence-electron chi connectivity index (χ1n) is 21.0. The van der Waals surface area contributed by atoms with E-state index in [9.17, 15) is 0 Å². The Hall–Kier alpha value is -8.41. The summed E-state index contributed by atoms with van der Waals surface area (Å²) in [4.78, 5) is 15.3. The van der Waals surface area contributed by atoms with Gasteiger partial charge in [-0.2, -0.15) is 0 Å². The van der Waals surface area contributed by atoms with Crippen LogP contribution in [0.1, 0.15) is 0 Å². The highest BCUT2D eigenvalue weighted by Crippen LogP contribution is 2.39. The zero-order valence-electron chi connectivity index (χ0n) is 33.4. The first kappa shape index (κ1) is 34.5. The molecule has 5 heteroatoms. The molecule has 0 aliphatic rings. The van der Waals surface area contributed by atoms with Gasteiger partial charge in [-0.05, 0) is 99.0 Å². The van der Waals surface area contributed by atoms with Crippen LogP contribution in [0.2, 0.25) is 0 Å². The fraction of sp³-hybridized carbons (Fsp3) is 0. The fourth-order valence-corrected chi connectivity index (χ4v) is 9.57. The van der Waals surface area contributed by atoms with Gasteiger partial charge in [0.2, 0.25) is 0 Å². The molecule has 0 amide bonds. The van der Waals surface area contributed by atoms with Gasteiger partial charge in [0.25, 0.3) is 0 Å². The maximum Gasteiger partial charge on any atom is 0.164 e. The molecule has 288 valence electrons. The predicted octanol–water partition coefficient (Wildman–Crippen LogP) is 14.5. The summed E-state index contributed by atoms with van der Waals surface area (Å²) in [7, 11) is 0. The molecule has 13 aromatic rings. The molecule has 0 saturated carbocycles. The SMILES string of the molecule is c1ccc(-c2nc(-c3ccc(-n4c5cc(-n6c7ccccc7c7ccccc76)ccc5c5cc6ccccc6cc54)cc3)nc(-c3ccc4c(ccc5ccccc54)c3)n2)cc1. The number of fused-ring (bicyclic) bond motifs is 10. The molecule has 5 nitrogen and oxygen atoms in total. The molecule has 0 fully saturated rings. The predicted molar refractivity (Wildman–Crippen MR) is 257 cm³/mol. The average Bonchev–Trinajstić information content (AvgIpc) is 3.85. The van der Waals surface area contributed by atoms with Crippen LogP contribution in [-0.2, 0) is 0 Å². The van der Waals surface area contributed by atoms with Crippen LogP contribution in [0, 0.1) is 0 Å². The Bertz CT molecular complexity index is 3860. The van der Waals surface area contributed by atoms with Crippen LogP contribution < -0.4 is 0 Å². The third-order valence-corrected chi connectivity index (χ3v) is 12.5. The van der Waals surface area contributed by atoms with Crippen LogP contribution in [0.5, 0.6) is 0 Å². The Morgan fingerprint density at radius 2 is 0.710 bits per heavy atom. The first-order chi connectivity index (χ1) is 30.7. The standard InChI is InChI=1S/C57H35N5/c1-2-13-37(14-3-1)55-58-56(60-57(59-55)42-26-30-46-41(32-42)23-22-36-12-6-7-17-45(36)46)38-24-27-43(28-25-38)61-53-34-40-16-5-4-15-39(40)33-50(53)49-31-29-44(35-54(49)61)62-51-20-10-8-18-47(51)48-19-9-11-21-52(48)62/h1-35H. The molecule has 0 bridgehead atoms. The van der Waals surface area contributed by atoms with E-state index in [0.717, 1.165) is 44.5 Å². The normalized spacial score (nSPS) is 11.9. The molecule has 0 aliphatic heterocycles. The van der Waals surface area contributed by atoms with Crippen molar-refractivity contribution in [1.29, 1.82) is 0 Å². The topological polar surface area (TPSA) is 48.5 Å². The number of para-hydroxylation sites is 2. The highest BCUT2D eigenvalue weighted by atomic mass is 15.0. The van der Waals surface area contributed by atoms with Gasteiger partial charge in [0.15, 0.2) is 17.5 Å². The van der Waals surface area contributed by atoms with Crippen molar-refractivity contribution in [3.05, 3.63) is 212 Å². The zero-order valence-corrected chi connectivity index (χ0v) is 33.4. The molecule has 0 spiro atoms. The van der Waals surface area contributed by atoms with E-state index in [1.54, 1.807) is 0 Å². The summed E-state index contributed by atoms with van der Waals surface area (Å²) < 4.78 is 4.80. The first-order valence-corrected chi connectivity index (χ1v) is 21.0. The molecular formula is C57H35N5. The summed E-state index contributed by atoms with van der Waals surface area (Å²) in [5.41, 5.74) is 9.65. The number of hydrogen-bond acceptors (Lipinski definition) is 3. The Kier molecular flexibility index (Phi) is 7.54. The Balaban J connectivity index is 0.982. The maximum absolute atomic E-state index is 5.15. The van der Waals surface area contributed by atoms with Crippen molar-refractivity contribution in [2.75, 3.05) is 0 Å². The lowest BCUT2D eigenvalue weighted by Crippen LogP contribution is -2.01. The molecular weight excluding hydrogens is 755 g/mol. The van der Waals surface area contributed by atoms with Crippen molar-refractivity contribution >= 4 is 75.9 Å². The van der Waals surface area contributed by atoms with E-state index >= 15 is 0 Å². The second-order valence-corrected chi connectivity index (χ2v) is 16.1. The van der Waals surface area contributed by atoms with Crippen molar-refractivity contribution in [3.63, 3.8) is 0 Å². The van der Waals surface area contributed by atoms with Gasteiger partial charge >= 0.3 is 0 Å². The highest BCUT2D eigenvalue weighted by molar-refractivity contribution is 6.15. The summed E-state index contributed by atoms with van der Waals surface area (Å²) in [6.07, 6.45) is 0. The Morgan fingerprint density at radius 1 is 0.242 bits per heavy atom. The smallest absolute Gasteiger partial charge is 0.164 e. The lowest BCUT2D eigenvalue weighted by Gasteiger charge is -2.12. The van der Waals surface area contributed by atoms with Crippen molar-refractivity contribution in [3.8, 4) is 45.5 Å². The molecule has 0 N–H and O–H groups in total. The van der Waals surface area contributed by atoms with Gasteiger partial charge < -0.3 is 9.13 Å². The van der Waals surface area contributed by atoms with E-state index in [2.05, 4.69) is 203 Å². The van der Waals surface area contributed by atoms with Gasteiger partial charge in [-0.1, -0.05) is 146 Å². The average molecular weight is 790 g/mol. The van der Waals surface area contributed by atoms with Crippen molar-refractivity contribution in [2.24, 2.45) is 0 Å². The van der Waals surface area contributed by atoms with Crippen LogP contribution in [0.4, 0.5) is 0 Å². The monoisotopic (exact) mass is 789 g/mol. The summed E-state index contributed by atoms with van der Waals surface area (Å²) in [5, 5.41) is 12.2. The van der Waals surface area contributed by atoms with E-state index in [1.165, 1.54) is 59.5 Å². The lowest BCUT2D eigenvalue weighted by molar-refractivity contribution is 1.07. The number of nitrogens with zero attached hydrogens (tertiary/aromatic N) is 5. The Labute approximate surface area is 356 Å². The minimum absolute atomic E-state index is 0.626. The van der Waals surface area contributed by atoms with Gasteiger partial charge in [-0.25, -0.2) is 15.0 Å². The zero-order chi connectivity index (χ0) is 40.7. The maximum atomic E-state index is 5.15. The number of hydrogen-bond donors (Lipinski definition) is 0. The summed E-state index contributed by atoms with van der Waals surface area (Å²) in [6.45, 7) is 0. The minimum Gasteiger partial charge on any atom is -0.309 e. The van der Waals surface area contributed by atoms with Crippen molar-refractivity contribution < 1.29 is 0 Å². The van der Waals surface area contributed by atoms with Gasteiger partial charge in [0, 0.05) is 49.6 Å². The molecule has 13 rings (SSSR count). The molecule has 0 radical (unpaired) electrons. The third-order valence-electron chi connectivity index (χ3n) is 12.5. The summed E-state index contributed by atoms with van der Waals surface area (Å²) in [5.74, 6) is 1.90. The van der Waals surface area contributed by atoms with Crippen LogP contribution in [-0.4, -0.2) is 24.1 Å². The Morgan fingerprint density at radius 3 is 1.44 bits per heavy atom. The van der Waals surface area contributed by atoms with E-state index in [4.69, 9.17) is 15.0 Å². The van der Waals surface area contributed by atoms with Crippen molar-refractivity contribution in [1.82, 2.24) is 24.1 Å². The quantitative estimate of drug-likeness (QED) is 0.163. The van der Waals surface area contributed by atoms with E-state index in [1.807, 2.05) is 18.2 Å². The lowest BCUT2D eigenvalue weighted by atomic mass is 10.00. The van der Waals surface area contributed by atoms with Crippen molar-refractivity contribution in [2.45, 2.75) is 0 Å². The van der Waals surface area contributed by atoms with Gasteiger partial charge in [0.05, 0.1) is 22.1 Å². The van der Waals surface area contributed by atoms with E-state index in [-0.39, 0.29) is 0 Å². The number of rotatable bonds is 5. The number of aromatic nitrogens is 5. The highest BCUT2D eigenvalue weighted by Gasteiger charge is 2.19. The largest absolute Gasteiger partial charge is 0.309 e. The second-order valence-electron chi connectivity index (χ2n) is 16.1. The molecule has 3 heterocycles. The summed E-state index contributed by atoms with van der Waals surface area (Å²) >= 11 is 0. The van der Waals surface area contributed by atoms with E-state index < -0.39 is 0 Å². The van der Waals surface area contributed by atoms with Crippen LogP contribution in [0.15, 0.2) is 212 Å². The molecule has 10 aromatic carbocycles. The minimum atomic E-state index is 0.626. The van der Waals surface area contributed by atoms with Gasteiger partial charge in [0.1, 0.15) is 0 Å². The molecule has 0 aliphatic carbocycles. The summed E-state index contributed by atoms with van der Waals surface area (Å²) in [6, 6.07) is 75.8. The molecule has 0 saturated heterocycles. The number of benzene rings is 10. The van der Waals surface area contributed by atoms with Gasteiger partial charge in [-0.3, -0.25) is 0 Å². The molecule has 0 unspecified atom stereocenters. The second kappa shape index (κ2) is 13.6. The molecule has 3 aromatic heterocycles. The third kappa shape index (κ3) is 5.38. The molecule has 62 heavy (non-hydrogen) atoms. The van der Waals surface area contributed by atoms with Crippen LogP contribution >= 0.6 is 0 Å². The van der Waals surface area contributed by atoms with E-state index in [0.29, 0.717) is 17.5 Å². The van der Waals surface area contributed by atoms with Crippen LogP contribution in [0.25, 0.3) is 121 Å². The fourth-order valence-electron chi connectivity index (χ4n) is 9.57.